The molecule has 1 rings (SSSR count). The minimum absolute atomic E-state index is 0.0399. The molecule has 0 saturated carbocycles. The molecule has 0 fully saturated rings. The summed E-state index contributed by atoms with van der Waals surface area (Å²) < 4.78 is 1.90. The maximum absolute atomic E-state index is 11.3. The number of anilines is 1. The molecule has 0 aliphatic rings. The van der Waals surface area contributed by atoms with Gasteiger partial charge in [0.05, 0.1) is 5.69 Å². The van der Waals surface area contributed by atoms with E-state index in [9.17, 15) is 4.79 Å². The minimum atomic E-state index is -0.263. The molecule has 0 saturated heterocycles. The summed E-state index contributed by atoms with van der Waals surface area (Å²) in [5, 5.41) is 5.70. The molecule has 5 heteroatoms. The number of amides is 1. The average Bonchev–Trinajstić information content (AvgIpc) is 2.22. The number of rotatable bonds is 3. The van der Waals surface area contributed by atoms with Gasteiger partial charge in [0.15, 0.2) is 0 Å². The zero-order valence-corrected chi connectivity index (χ0v) is 11.6. The Labute approximate surface area is 106 Å². The van der Waals surface area contributed by atoms with E-state index in [0.717, 1.165) is 14.6 Å². The van der Waals surface area contributed by atoms with Crippen LogP contribution in [0.2, 0.25) is 0 Å². The predicted octanol–water partition coefficient (Wildman–Crippen LogP) is 2.76. The van der Waals surface area contributed by atoms with Gasteiger partial charge in [0, 0.05) is 16.0 Å². The van der Waals surface area contributed by atoms with Crippen LogP contribution in [0, 0.1) is 0 Å². The molecule has 1 aromatic carbocycles. The first kappa shape index (κ1) is 12.5. The van der Waals surface area contributed by atoms with Gasteiger partial charge in [-0.05, 0) is 41.1 Å². The van der Waals surface area contributed by atoms with Crippen LogP contribution >= 0.6 is 31.9 Å². The van der Waals surface area contributed by atoms with Gasteiger partial charge >= 0.3 is 0 Å². The van der Waals surface area contributed by atoms with Crippen molar-refractivity contribution in [2.45, 2.75) is 13.0 Å². The summed E-state index contributed by atoms with van der Waals surface area (Å²) in [6.45, 7) is 1.81. The molecule has 3 nitrogen and oxygen atoms in total. The highest BCUT2D eigenvalue weighted by atomic mass is 79.9. The van der Waals surface area contributed by atoms with E-state index >= 15 is 0 Å². The van der Waals surface area contributed by atoms with Gasteiger partial charge in [-0.25, -0.2) is 0 Å². The molecule has 0 bridgehead atoms. The third kappa shape index (κ3) is 3.50. The molecule has 2 N–H and O–H groups in total. The summed E-state index contributed by atoms with van der Waals surface area (Å²) in [6, 6.07) is 5.51. The molecule has 0 aliphatic heterocycles. The molecule has 15 heavy (non-hydrogen) atoms. The van der Waals surface area contributed by atoms with Crippen LogP contribution in [-0.4, -0.2) is 19.0 Å². The lowest BCUT2D eigenvalue weighted by Gasteiger charge is -2.15. The molecule has 0 aromatic heterocycles. The fourth-order valence-electron chi connectivity index (χ4n) is 1.12. The Morgan fingerprint density at radius 2 is 2.07 bits per heavy atom. The van der Waals surface area contributed by atoms with Crippen molar-refractivity contribution in [2.75, 3.05) is 12.4 Å². The number of hydrogen-bond acceptors (Lipinski definition) is 2. The van der Waals surface area contributed by atoms with Crippen LogP contribution in [0.25, 0.3) is 0 Å². The van der Waals surface area contributed by atoms with Gasteiger partial charge in [0.1, 0.15) is 6.04 Å². The lowest BCUT2D eigenvalue weighted by molar-refractivity contribution is -0.121. The number of likely N-dealkylation sites (N-methyl/N-ethyl adjacent to an activating group) is 1. The third-order valence-electron chi connectivity index (χ3n) is 1.94. The van der Waals surface area contributed by atoms with Gasteiger partial charge in [-0.3, -0.25) is 4.79 Å². The van der Waals surface area contributed by atoms with Crippen molar-refractivity contribution >= 4 is 43.5 Å². The molecule has 0 spiro atoms. The van der Waals surface area contributed by atoms with Gasteiger partial charge in [-0.2, -0.15) is 0 Å². The van der Waals surface area contributed by atoms with Crippen LogP contribution in [0.3, 0.4) is 0 Å². The van der Waals surface area contributed by atoms with E-state index in [1.165, 1.54) is 0 Å². The zero-order valence-electron chi connectivity index (χ0n) is 8.47. The first-order valence-corrected chi connectivity index (χ1v) is 6.06. The molecule has 1 unspecified atom stereocenters. The summed E-state index contributed by atoms with van der Waals surface area (Å²) in [4.78, 5) is 11.3. The van der Waals surface area contributed by atoms with Crippen LogP contribution in [0.5, 0.6) is 0 Å². The molecule has 1 atom stereocenters. The lowest BCUT2D eigenvalue weighted by atomic mass is 10.2. The van der Waals surface area contributed by atoms with Gasteiger partial charge in [0.2, 0.25) is 5.91 Å². The Hall–Kier alpha value is -0.550. The lowest BCUT2D eigenvalue weighted by Crippen LogP contribution is -2.35. The first-order chi connectivity index (χ1) is 7.04. The molecule has 0 aliphatic carbocycles. The molecule has 1 aromatic rings. The van der Waals surface area contributed by atoms with Crippen LogP contribution in [0.15, 0.2) is 27.1 Å². The number of hydrogen-bond donors (Lipinski definition) is 2. The van der Waals surface area contributed by atoms with E-state index in [1.54, 1.807) is 7.05 Å². The largest absolute Gasteiger partial charge is 0.373 e. The SMILES string of the molecule is CNC(=O)C(C)Nc1cc(Br)ccc1Br. The van der Waals surface area contributed by atoms with Gasteiger partial charge in [-0.1, -0.05) is 15.9 Å². The Morgan fingerprint density at radius 1 is 1.40 bits per heavy atom. The van der Waals surface area contributed by atoms with Crippen LogP contribution in [0.4, 0.5) is 5.69 Å². The maximum Gasteiger partial charge on any atom is 0.241 e. The highest BCUT2D eigenvalue weighted by Crippen LogP contribution is 2.26. The highest BCUT2D eigenvalue weighted by Gasteiger charge is 2.11. The van der Waals surface area contributed by atoms with Crippen molar-refractivity contribution in [1.82, 2.24) is 5.32 Å². The third-order valence-corrected chi connectivity index (χ3v) is 3.12. The van der Waals surface area contributed by atoms with Crippen molar-refractivity contribution in [1.29, 1.82) is 0 Å². The Balaban J connectivity index is 2.80. The van der Waals surface area contributed by atoms with Gasteiger partial charge < -0.3 is 10.6 Å². The van der Waals surface area contributed by atoms with Crippen molar-refractivity contribution in [2.24, 2.45) is 0 Å². The summed E-state index contributed by atoms with van der Waals surface area (Å²) in [5.74, 6) is -0.0399. The van der Waals surface area contributed by atoms with Crippen LogP contribution in [0.1, 0.15) is 6.92 Å². The molecule has 82 valence electrons. The molecular formula is C10H12Br2N2O. The van der Waals surface area contributed by atoms with Crippen LogP contribution in [-0.2, 0) is 4.79 Å². The summed E-state index contributed by atoms with van der Waals surface area (Å²) in [7, 11) is 1.62. The Bertz CT molecular complexity index is 368. The number of halogens is 2. The molecule has 1 amide bonds. The van der Waals surface area contributed by atoms with Crippen LogP contribution < -0.4 is 10.6 Å². The maximum atomic E-state index is 11.3. The van der Waals surface area contributed by atoms with Crippen molar-refractivity contribution in [3.8, 4) is 0 Å². The Kier molecular flexibility index (Phi) is 4.60. The summed E-state index contributed by atoms with van der Waals surface area (Å²) in [5.41, 5.74) is 0.889. The smallest absolute Gasteiger partial charge is 0.241 e. The van der Waals surface area contributed by atoms with E-state index in [2.05, 4.69) is 42.5 Å². The standard InChI is InChI=1S/C10H12Br2N2O/c1-6(10(15)13-2)14-9-5-7(11)3-4-8(9)12/h3-6,14H,1-2H3,(H,13,15). The second kappa shape index (κ2) is 5.51. The number of carbonyl (C=O) groups is 1. The monoisotopic (exact) mass is 334 g/mol. The van der Waals surface area contributed by atoms with Gasteiger partial charge in [0.25, 0.3) is 0 Å². The van der Waals surface area contributed by atoms with E-state index < -0.39 is 0 Å². The topological polar surface area (TPSA) is 41.1 Å². The predicted molar refractivity (Wildman–Crippen MR) is 69.0 cm³/mol. The normalized spacial score (nSPS) is 12.0. The number of carbonyl (C=O) groups excluding carboxylic acids is 1. The molecule has 0 radical (unpaired) electrons. The van der Waals surface area contributed by atoms with E-state index in [4.69, 9.17) is 0 Å². The zero-order chi connectivity index (χ0) is 11.4. The molecule has 0 heterocycles. The fraction of sp³-hybridized carbons (Fsp3) is 0.300. The van der Waals surface area contributed by atoms with Crippen molar-refractivity contribution < 1.29 is 4.79 Å². The molecular weight excluding hydrogens is 324 g/mol. The van der Waals surface area contributed by atoms with Gasteiger partial charge in [-0.15, -0.1) is 0 Å². The first-order valence-electron chi connectivity index (χ1n) is 4.47. The highest BCUT2D eigenvalue weighted by molar-refractivity contribution is 9.11. The van der Waals surface area contributed by atoms with Crippen molar-refractivity contribution in [3.63, 3.8) is 0 Å². The summed E-state index contributed by atoms with van der Waals surface area (Å²) in [6.07, 6.45) is 0. The van der Waals surface area contributed by atoms with E-state index in [1.807, 2.05) is 25.1 Å². The minimum Gasteiger partial charge on any atom is -0.373 e. The summed E-state index contributed by atoms with van der Waals surface area (Å²) >= 11 is 6.79. The number of nitrogens with one attached hydrogen (secondary N) is 2. The van der Waals surface area contributed by atoms with E-state index in [-0.39, 0.29) is 11.9 Å². The number of benzene rings is 1. The quantitative estimate of drug-likeness (QED) is 0.891. The second-order valence-electron chi connectivity index (χ2n) is 3.10. The second-order valence-corrected chi connectivity index (χ2v) is 4.87. The fourth-order valence-corrected chi connectivity index (χ4v) is 1.85. The van der Waals surface area contributed by atoms with E-state index in [0.29, 0.717) is 0 Å². The average molecular weight is 336 g/mol. The van der Waals surface area contributed by atoms with Crippen molar-refractivity contribution in [3.05, 3.63) is 27.1 Å². The Morgan fingerprint density at radius 3 is 2.67 bits per heavy atom.